The van der Waals surface area contributed by atoms with E-state index in [0.29, 0.717) is 6.04 Å². The molecule has 0 amide bonds. The lowest BCUT2D eigenvalue weighted by Crippen LogP contribution is -2.31. The predicted molar refractivity (Wildman–Crippen MR) is 65.6 cm³/mol. The van der Waals surface area contributed by atoms with E-state index in [1.807, 2.05) is 0 Å². The van der Waals surface area contributed by atoms with E-state index in [1.165, 1.54) is 32.2 Å². The maximum atomic E-state index is 3.64. The Morgan fingerprint density at radius 2 is 1.50 bits per heavy atom. The van der Waals surface area contributed by atoms with Crippen molar-refractivity contribution in [2.75, 3.05) is 6.54 Å². The first-order chi connectivity index (χ1) is 6.60. The summed E-state index contributed by atoms with van der Waals surface area (Å²) < 4.78 is 0. The lowest BCUT2D eigenvalue weighted by atomic mass is 10.0. The molecular formula is C13H29N. The van der Waals surface area contributed by atoms with Crippen molar-refractivity contribution in [2.24, 2.45) is 11.8 Å². The van der Waals surface area contributed by atoms with Crippen LogP contribution in [0, 0.1) is 11.8 Å². The first kappa shape index (κ1) is 14.0. The van der Waals surface area contributed by atoms with Crippen LogP contribution in [0.1, 0.15) is 60.3 Å². The molecule has 0 aromatic rings. The van der Waals surface area contributed by atoms with Crippen molar-refractivity contribution in [1.29, 1.82) is 0 Å². The molecule has 0 saturated carbocycles. The molecule has 0 fully saturated rings. The second-order valence-corrected chi connectivity index (χ2v) is 4.96. The fourth-order valence-electron chi connectivity index (χ4n) is 1.63. The van der Waals surface area contributed by atoms with Gasteiger partial charge in [0.1, 0.15) is 0 Å². The molecule has 0 heterocycles. The van der Waals surface area contributed by atoms with Gasteiger partial charge in [-0.2, -0.15) is 0 Å². The molecule has 0 aromatic carbocycles. The third-order valence-corrected chi connectivity index (χ3v) is 3.09. The van der Waals surface area contributed by atoms with Gasteiger partial charge in [0.15, 0.2) is 0 Å². The van der Waals surface area contributed by atoms with E-state index in [4.69, 9.17) is 0 Å². The van der Waals surface area contributed by atoms with Crippen LogP contribution in [0.3, 0.4) is 0 Å². The molecule has 0 spiro atoms. The summed E-state index contributed by atoms with van der Waals surface area (Å²) in [5, 5.41) is 3.64. The molecule has 86 valence electrons. The van der Waals surface area contributed by atoms with Gasteiger partial charge < -0.3 is 5.32 Å². The van der Waals surface area contributed by atoms with Gasteiger partial charge in [-0.1, -0.05) is 40.5 Å². The van der Waals surface area contributed by atoms with Crippen molar-refractivity contribution in [3.05, 3.63) is 0 Å². The van der Waals surface area contributed by atoms with Crippen LogP contribution in [0.4, 0.5) is 0 Å². The highest BCUT2D eigenvalue weighted by atomic mass is 14.9. The van der Waals surface area contributed by atoms with Gasteiger partial charge in [0.05, 0.1) is 0 Å². The predicted octanol–water partition coefficient (Wildman–Crippen LogP) is 3.84. The Labute approximate surface area is 90.7 Å². The van der Waals surface area contributed by atoms with E-state index in [0.717, 1.165) is 11.8 Å². The van der Waals surface area contributed by atoms with Gasteiger partial charge in [-0.15, -0.1) is 0 Å². The zero-order valence-corrected chi connectivity index (χ0v) is 10.8. The maximum Gasteiger partial charge on any atom is 0.00389 e. The van der Waals surface area contributed by atoms with E-state index in [-0.39, 0.29) is 0 Å². The van der Waals surface area contributed by atoms with Crippen LogP contribution in [-0.2, 0) is 0 Å². The van der Waals surface area contributed by atoms with Gasteiger partial charge in [0.2, 0.25) is 0 Å². The molecule has 14 heavy (non-hydrogen) atoms. The van der Waals surface area contributed by atoms with Crippen molar-refractivity contribution in [3.8, 4) is 0 Å². The summed E-state index contributed by atoms with van der Waals surface area (Å²) in [7, 11) is 0. The van der Waals surface area contributed by atoms with Crippen molar-refractivity contribution in [1.82, 2.24) is 5.32 Å². The molecule has 0 aliphatic carbocycles. The SMILES string of the molecule is CCC(CC)CNC(C)CCC(C)C. The topological polar surface area (TPSA) is 12.0 Å². The van der Waals surface area contributed by atoms with Crippen LogP contribution in [0.25, 0.3) is 0 Å². The zero-order chi connectivity index (χ0) is 11.0. The van der Waals surface area contributed by atoms with Gasteiger partial charge in [-0.05, 0) is 38.1 Å². The number of rotatable bonds is 8. The standard InChI is InChI=1S/C13H29N/c1-6-13(7-2)10-14-12(5)9-8-11(3)4/h11-14H,6-10H2,1-5H3. The van der Waals surface area contributed by atoms with E-state index >= 15 is 0 Å². The van der Waals surface area contributed by atoms with Crippen molar-refractivity contribution < 1.29 is 0 Å². The first-order valence-corrected chi connectivity index (χ1v) is 6.33. The second-order valence-electron chi connectivity index (χ2n) is 4.96. The lowest BCUT2D eigenvalue weighted by Gasteiger charge is -2.19. The molecule has 1 unspecified atom stereocenters. The Hall–Kier alpha value is -0.0400. The van der Waals surface area contributed by atoms with E-state index in [9.17, 15) is 0 Å². The summed E-state index contributed by atoms with van der Waals surface area (Å²) in [4.78, 5) is 0. The summed E-state index contributed by atoms with van der Waals surface area (Å²) in [5.74, 6) is 1.71. The van der Waals surface area contributed by atoms with Crippen LogP contribution in [0.15, 0.2) is 0 Å². The molecule has 1 N–H and O–H groups in total. The van der Waals surface area contributed by atoms with Gasteiger partial charge in [0.25, 0.3) is 0 Å². The molecule has 1 nitrogen and oxygen atoms in total. The normalized spacial score (nSPS) is 13.9. The molecule has 1 heteroatoms. The Bertz CT molecular complexity index is 116. The molecule has 0 radical (unpaired) electrons. The Balaban J connectivity index is 3.46. The molecule has 0 rings (SSSR count). The first-order valence-electron chi connectivity index (χ1n) is 6.33. The Kier molecular flexibility index (Phi) is 8.26. The highest BCUT2D eigenvalue weighted by molar-refractivity contribution is 4.65. The number of hydrogen-bond donors (Lipinski definition) is 1. The summed E-state index contributed by atoms with van der Waals surface area (Å²) in [6, 6.07) is 0.693. The summed E-state index contributed by atoms with van der Waals surface area (Å²) in [5.41, 5.74) is 0. The minimum absolute atomic E-state index is 0.693. The maximum absolute atomic E-state index is 3.64. The molecule has 0 aromatic heterocycles. The number of hydrogen-bond acceptors (Lipinski definition) is 1. The van der Waals surface area contributed by atoms with Gasteiger partial charge >= 0.3 is 0 Å². The van der Waals surface area contributed by atoms with Crippen LogP contribution >= 0.6 is 0 Å². The smallest absolute Gasteiger partial charge is 0.00389 e. The molecule has 0 aliphatic rings. The highest BCUT2D eigenvalue weighted by Crippen LogP contribution is 2.09. The van der Waals surface area contributed by atoms with E-state index in [1.54, 1.807) is 0 Å². The summed E-state index contributed by atoms with van der Waals surface area (Å²) in [6.07, 6.45) is 5.27. The summed E-state index contributed by atoms with van der Waals surface area (Å²) >= 11 is 0. The average Bonchev–Trinajstić information content (AvgIpc) is 2.16. The lowest BCUT2D eigenvalue weighted by molar-refractivity contribution is 0.390. The molecule has 0 saturated heterocycles. The quantitative estimate of drug-likeness (QED) is 0.626. The van der Waals surface area contributed by atoms with Crippen molar-refractivity contribution in [3.63, 3.8) is 0 Å². The van der Waals surface area contributed by atoms with Gasteiger partial charge in [0, 0.05) is 6.04 Å². The van der Waals surface area contributed by atoms with Gasteiger partial charge in [-0.25, -0.2) is 0 Å². The Morgan fingerprint density at radius 1 is 0.929 bits per heavy atom. The highest BCUT2D eigenvalue weighted by Gasteiger charge is 2.06. The van der Waals surface area contributed by atoms with E-state index < -0.39 is 0 Å². The van der Waals surface area contributed by atoms with Crippen LogP contribution in [0.5, 0.6) is 0 Å². The zero-order valence-electron chi connectivity index (χ0n) is 10.8. The third-order valence-electron chi connectivity index (χ3n) is 3.09. The summed E-state index contributed by atoms with van der Waals surface area (Å²) in [6.45, 7) is 12.7. The van der Waals surface area contributed by atoms with E-state index in [2.05, 4.69) is 39.9 Å². The molecule has 0 bridgehead atoms. The van der Waals surface area contributed by atoms with Gasteiger partial charge in [-0.3, -0.25) is 0 Å². The van der Waals surface area contributed by atoms with Crippen LogP contribution in [-0.4, -0.2) is 12.6 Å². The average molecular weight is 199 g/mol. The van der Waals surface area contributed by atoms with Crippen molar-refractivity contribution in [2.45, 2.75) is 66.3 Å². The fourth-order valence-corrected chi connectivity index (χ4v) is 1.63. The molecular weight excluding hydrogens is 170 g/mol. The van der Waals surface area contributed by atoms with Crippen molar-refractivity contribution >= 4 is 0 Å². The Morgan fingerprint density at radius 3 is 1.93 bits per heavy atom. The molecule has 1 atom stereocenters. The number of nitrogens with one attached hydrogen (secondary N) is 1. The monoisotopic (exact) mass is 199 g/mol. The second kappa shape index (κ2) is 8.28. The minimum atomic E-state index is 0.693. The fraction of sp³-hybridized carbons (Fsp3) is 1.00. The molecule has 0 aliphatic heterocycles. The van der Waals surface area contributed by atoms with Crippen LogP contribution in [0.2, 0.25) is 0 Å². The minimum Gasteiger partial charge on any atom is -0.314 e. The van der Waals surface area contributed by atoms with Crippen LogP contribution < -0.4 is 5.32 Å². The largest absolute Gasteiger partial charge is 0.314 e. The third kappa shape index (κ3) is 7.37.